The topological polar surface area (TPSA) is 12.0 Å². The first-order valence-electron chi connectivity index (χ1n) is 3.80. The Morgan fingerprint density at radius 1 is 1.45 bits per heavy atom. The van der Waals surface area contributed by atoms with E-state index in [1.165, 1.54) is 16.0 Å². The van der Waals surface area contributed by atoms with Gasteiger partial charge in [0.15, 0.2) is 0 Å². The second-order valence-electron chi connectivity index (χ2n) is 2.98. The summed E-state index contributed by atoms with van der Waals surface area (Å²) in [4.78, 5) is 1.39. The Hall–Kier alpha value is -0.470. The number of rotatable bonds is 0. The van der Waals surface area contributed by atoms with Gasteiger partial charge in [-0.2, -0.15) is 0 Å². The van der Waals surface area contributed by atoms with Gasteiger partial charge in [-0.15, -0.1) is 0 Å². The van der Waals surface area contributed by atoms with Gasteiger partial charge in [0.25, 0.3) is 0 Å². The molecule has 0 fully saturated rings. The van der Waals surface area contributed by atoms with Crippen LogP contribution >= 0.6 is 11.9 Å². The standard InChI is InChI=1S/C9H11NS/c1-6-3-4-8-7(2)10-11-9(8)5-6/h3-5,7,10H,1-2H3. The Balaban J connectivity index is 2.50. The maximum atomic E-state index is 3.33. The highest BCUT2D eigenvalue weighted by Crippen LogP contribution is 2.34. The summed E-state index contributed by atoms with van der Waals surface area (Å²) < 4.78 is 3.33. The molecule has 0 bridgehead atoms. The van der Waals surface area contributed by atoms with Crippen LogP contribution < -0.4 is 4.72 Å². The van der Waals surface area contributed by atoms with Gasteiger partial charge in [0.1, 0.15) is 0 Å². The number of hydrogen-bond donors (Lipinski definition) is 1. The van der Waals surface area contributed by atoms with Crippen molar-refractivity contribution in [3.63, 3.8) is 0 Å². The van der Waals surface area contributed by atoms with Crippen molar-refractivity contribution in [2.45, 2.75) is 24.8 Å². The van der Waals surface area contributed by atoms with Gasteiger partial charge in [-0.05, 0) is 43.0 Å². The molecule has 2 heteroatoms. The Kier molecular flexibility index (Phi) is 1.66. The zero-order valence-electron chi connectivity index (χ0n) is 6.72. The summed E-state index contributed by atoms with van der Waals surface area (Å²) in [7, 11) is 0. The SMILES string of the molecule is Cc1ccc2c(c1)SNC2C. The summed E-state index contributed by atoms with van der Waals surface area (Å²) in [5.41, 5.74) is 2.77. The summed E-state index contributed by atoms with van der Waals surface area (Å²) in [5.74, 6) is 0. The highest BCUT2D eigenvalue weighted by Gasteiger charge is 2.17. The molecule has 1 N–H and O–H groups in total. The third-order valence-corrected chi connectivity index (χ3v) is 3.03. The molecule has 0 radical (unpaired) electrons. The van der Waals surface area contributed by atoms with Crippen molar-refractivity contribution in [2.75, 3.05) is 0 Å². The fourth-order valence-electron chi connectivity index (χ4n) is 1.30. The minimum Gasteiger partial charge on any atom is -0.253 e. The second-order valence-corrected chi connectivity index (χ2v) is 3.86. The Labute approximate surface area is 71.3 Å². The molecule has 0 aromatic heterocycles. The maximum Gasteiger partial charge on any atom is 0.0408 e. The van der Waals surface area contributed by atoms with Gasteiger partial charge < -0.3 is 0 Å². The number of nitrogens with one attached hydrogen (secondary N) is 1. The summed E-state index contributed by atoms with van der Waals surface area (Å²) in [5, 5.41) is 0. The van der Waals surface area contributed by atoms with Crippen LogP contribution in [0.25, 0.3) is 0 Å². The second kappa shape index (κ2) is 2.54. The summed E-state index contributed by atoms with van der Waals surface area (Å²) in [6.07, 6.45) is 0. The number of aryl methyl sites for hydroxylation is 1. The molecule has 1 aliphatic heterocycles. The monoisotopic (exact) mass is 165 g/mol. The lowest BCUT2D eigenvalue weighted by Gasteiger charge is -2.01. The average molecular weight is 165 g/mol. The molecule has 1 nitrogen and oxygen atoms in total. The van der Waals surface area contributed by atoms with Gasteiger partial charge in [0.2, 0.25) is 0 Å². The van der Waals surface area contributed by atoms with E-state index in [-0.39, 0.29) is 0 Å². The Bertz CT molecular complexity index is 283. The minimum atomic E-state index is 0.510. The van der Waals surface area contributed by atoms with Crippen LogP contribution in [0, 0.1) is 6.92 Å². The number of fused-ring (bicyclic) bond motifs is 1. The maximum absolute atomic E-state index is 3.33. The van der Waals surface area contributed by atoms with E-state index in [1.807, 2.05) is 0 Å². The average Bonchev–Trinajstić information content (AvgIpc) is 2.32. The fourth-order valence-corrected chi connectivity index (χ4v) is 2.34. The zero-order valence-corrected chi connectivity index (χ0v) is 7.53. The molecular weight excluding hydrogens is 154 g/mol. The normalized spacial score (nSPS) is 21.8. The van der Waals surface area contributed by atoms with Gasteiger partial charge in [-0.25, -0.2) is 0 Å². The van der Waals surface area contributed by atoms with E-state index >= 15 is 0 Å². The van der Waals surface area contributed by atoms with Crippen molar-refractivity contribution < 1.29 is 0 Å². The lowest BCUT2D eigenvalue weighted by Crippen LogP contribution is -2.01. The van der Waals surface area contributed by atoms with E-state index in [4.69, 9.17) is 0 Å². The highest BCUT2D eigenvalue weighted by atomic mass is 32.2. The summed E-state index contributed by atoms with van der Waals surface area (Å²) >= 11 is 1.74. The molecule has 1 aliphatic rings. The molecule has 58 valence electrons. The van der Waals surface area contributed by atoms with Crippen molar-refractivity contribution in [1.29, 1.82) is 0 Å². The first-order chi connectivity index (χ1) is 5.27. The molecule has 0 aliphatic carbocycles. The van der Waals surface area contributed by atoms with Crippen LogP contribution in [-0.2, 0) is 0 Å². The molecule has 1 aromatic rings. The molecule has 0 amide bonds. The quantitative estimate of drug-likeness (QED) is 0.593. The van der Waals surface area contributed by atoms with Gasteiger partial charge >= 0.3 is 0 Å². The van der Waals surface area contributed by atoms with Crippen LogP contribution in [0.5, 0.6) is 0 Å². The van der Waals surface area contributed by atoms with Gasteiger partial charge in [-0.3, -0.25) is 4.72 Å². The van der Waals surface area contributed by atoms with E-state index in [1.54, 1.807) is 11.9 Å². The van der Waals surface area contributed by atoms with Crippen molar-refractivity contribution in [3.8, 4) is 0 Å². The van der Waals surface area contributed by atoms with E-state index in [0.29, 0.717) is 6.04 Å². The molecule has 0 saturated carbocycles. The molecule has 0 spiro atoms. The third-order valence-electron chi connectivity index (χ3n) is 1.98. The van der Waals surface area contributed by atoms with Crippen LogP contribution in [0.4, 0.5) is 0 Å². The Morgan fingerprint density at radius 3 is 3.09 bits per heavy atom. The van der Waals surface area contributed by atoms with Crippen LogP contribution in [-0.4, -0.2) is 0 Å². The summed E-state index contributed by atoms with van der Waals surface area (Å²) in [6.45, 7) is 4.32. The number of hydrogen-bond acceptors (Lipinski definition) is 2. The van der Waals surface area contributed by atoms with E-state index in [0.717, 1.165) is 0 Å². The third kappa shape index (κ3) is 1.17. The van der Waals surface area contributed by atoms with Gasteiger partial charge in [0.05, 0.1) is 0 Å². The highest BCUT2D eigenvalue weighted by molar-refractivity contribution is 7.97. The molecule has 2 rings (SSSR count). The summed E-state index contributed by atoms with van der Waals surface area (Å²) in [6, 6.07) is 7.12. The van der Waals surface area contributed by atoms with Crippen LogP contribution in [0.1, 0.15) is 24.1 Å². The molecule has 1 heterocycles. The van der Waals surface area contributed by atoms with Crippen LogP contribution in [0.15, 0.2) is 23.1 Å². The predicted molar refractivity (Wildman–Crippen MR) is 48.6 cm³/mol. The first-order valence-corrected chi connectivity index (χ1v) is 4.62. The molecule has 1 aromatic carbocycles. The van der Waals surface area contributed by atoms with Crippen molar-refractivity contribution >= 4 is 11.9 Å². The van der Waals surface area contributed by atoms with Crippen molar-refractivity contribution in [1.82, 2.24) is 4.72 Å². The van der Waals surface area contributed by atoms with E-state index in [2.05, 4.69) is 36.8 Å². The lowest BCUT2D eigenvalue weighted by atomic mass is 10.1. The molecule has 0 saturated heterocycles. The van der Waals surface area contributed by atoms with Crippen LogP contribution in [0.2, 0.25) is 0 Å². The molecule has 11 heavy (non-hydrogen) atoms. The van der Waals surface area contributed by atoms with Gasteiger partial charge in [-0.1, -0.05) is 12.1 Å². The first kappa shape index (κ1) is 7.19. The fraction of sp³-hybridized carbons (Fsp3) is 0.333. The smallest absolute Gasteiger partial charge is 0.0408 e. The van der Waals surface area contributed by atoms with Crippen molar-refractivity contribution in [2.24, 2.45) is 0 Å². The predicted octanol–water partition coefficient (Wildman–Crippen LogP) is 2.67. The molecule has 1 unspecified atom stereocenters. The largest absolute Gasteiger partial charge is 0.253 e. The van der Waals surface area contributed by atoms with E-state index in [9.17, 15) is 0 Å². The van der Waals surface area contributed by atoms with E-state index < -0.39 is 0 Å². The molecule has 1 atom stereocenters. The zero-order chi connectivity index (χ0) is 7.84. The number of benzene rings is 1. The van der Waals surface area contributed by atoms with Crippen LogP contribution in [0.3, 0.4) is 0 Å². The van der Waals surface area contributed by atoms with Gasteiger partial charge in [0, 0.05) is 10.9 Å². The Morgan fingerprint density at radius 2 is 2.27 bits per heavy atom. The molecular formula is C9H11NS. The minimum absolute atomic E-state index is 0.510. The van der Waals surface area contributed by atoms with Crippen molar-refractivity contribution in [3.05, 3.63) is 29.3 Å². The lowest BCUT2D eigenvalue weighted by molar-refractivity contribution is 0.765.